The fraction of sp³-hybridized carbons (Fsp3) is 0.458. The van der Waals surface area contributed by atoms with Crippen LogP contribution in [0.15, 0.2) is 41.3 Å². The van der Waals surface area contributed by atoms with E-state index in [1.807, 2.05) is 0 Å². The van der Waals surface area contributed by atoms with E-state index in [0.717, 1.165) is 18.2 Å². The first kappa shape index (κ1) is 26.0. The molecule has 7 nitrogen and oxygen atoms in total. The Morgan fingerprint density at radius 3 is 2.29 bits per heavy atom. The molecule has 4 atom stereocenters. The average molecular weight is 530 g/mol. The molecule has 2 aliphatic carbocycles. The molecule has 35 heavy (non-hydrogen) atoms. The van der Waals surface area contributed by atoms with E-state index in [2.05, 4.69) is 5.32 Å². The van der Waals surface area contributed by atoms with E-state index in [4.69, 9.17) is 11.6 Å². The van der Waals surface area contributed by atoms with E-state index in [0.29, 0.717) is 12.8 Å². The maximum atomic E-state index is 13.6. The lowest BCUT2D eigenvalue weighted by molar-refractivity contribution is -0.172. The average Bonchev–Trinajstić information content (AvgIpc) is 2.97. The molecule has 2 aliphatic rings. The summed E-state index contributed by atoms with van der Waals surface area (Å²) in [6.45, 7) is 1.38. The zero-order valence-electron chi connectivity index (χ0n) is 18.8. The van der Waals surface area contributed by atoms with Crippen molar-refractivity contribution in [2.75, 3.05) is 5.32 Å². The van der Waals surface area contributed by atoms with Crippen LogP contribution in [0, 0.1) is 23.5 Å². The van der Waals surface area contributed by atoms with Crippen molar-refractivity contribution >= 4 is 33.0 Å². The molecule has 190 valence electrons. The number of nitrogens with one attached hydrogen (secondary N) is 1. The van der Waals surface area contributed by atoms with Gasteiger partial charge in [0.25, 0.3) is 5.91 Å². The number of amides is 1. The first-order valence-electron chi connectivity index (χ1n) is 11.2. The molecular formula is C24H26ClF2NO6S. The highest BCUT2D eigenvalue weighted by Gasteiger charge is 2.59. The zero-order valence-corrected chi connectivity index (χ0v) is 20.4. The minimum Gasteiger partial charge on any atom is -0.391 e. The Kier molecular flexibility index (Phi) is 6.98. The number of halogens is 3. The van der Waals surface area contributed by atoms with Crippen LogP contribution >= 0.6 is 11.6 Å². The molecule has 0 aliphatic heterocycles. The number of anilines is 1. The molecule has 1 amide bonds. The van der Waals surface area contributed by atoms with E-state index >= 15 is 0 Å². The summed E-state index contributed by atoms with van der Waals surface area (Å²) in [7, 11) is -4.03. The minimum absolute atomic E-state index is 0.00642. The Bertz CT molecular complexity index is 1240. The van der Waals surface area contributed by atoms with Gasteiger partial charge in [0.05, 0.1) is 26.9 Å². The van der Waals surface area contributed by atoms with E-state index < -0.39 is 62.3 Å². The molecule has 4 rings (SSSR count). The Morgan fingerprint density at radius 1 is 1.09 bits per heavy atom. The van der Waals surface area contributed by atoms with Crippen LogP contribution in [0.25, 0.3) is 0 Å². The maximum Gasteiger partial charge on any atom is 0.255 e. The number of carbonyl (C=O) groups is 1. The van der Waals surface area contributed by atoms with Crippen molar-refractivity contribution in [3.05, 3.63) is 58.6 Å². The Hall–Kier alpha value is -2.11. The second-order valence-corrected chi connectivity index (χ2v) is 12.0. The first-order valence-corrected chi connectivity index (χ1v) is 13.2. The molecular weight excluding hydrogens is 504 g/mol. The third-order valence-corrected chi connectivity index (χ3v) is 9.97. The van der Waals surface area contributed by atoms with Crippen molar-refractivity contribution < 1.29 is 37.3 Å². The Balaban J connectivity index is 1.59. The van der Waals surface area contributed by atoms with Crippen LogP contribution in [0.4, 0.5) is 14.5 Å². The van der Waals surface area contributed by atoms with E-state index in [1.165, 1.54) is 25.1 Å². The lowest BCUT2D eigenvalue weighted by Crippen LogP contribution is -2.58. The lowest BCUT2D eigenvalue weighted by atomic mass is 9.70. The topological polar surface area (TPSA) is 124 Å². The van der Waals surface area contributed by atoms with Crippen molar-refractivity contribution in [3.63, 3.8) is 0 Å². The minimum atomic E-state index is -4.03. The monoisotopic (exact) mass is 529 g/mol. The molecule has 2 saturated carbocycles. The molecule has 2 aromatic rings. The van der Waals surface area contributed by atoms with Gasteiger partial charge in [0, 0.05) is 17.3 Å². The molecule has 4 N–H and O–H groups in total. The van der Waals surface area contributed by atoms with Crippen LogP contribution in [0.5, 0.6) is 0 Å². The van der Waals surface area contributed by atoms with Gasteiger partial charge in [-0.2, -0.15) is 0 Å². The smallest absolute Gasteiger partial charge is 0.255 e. The largest absolute Gasteiger partial charge is 0.391 e. The number of hydrogen-bond donors (Lipinski definition) is 4. The molecule has 2 unspecified atom stereocenters. The highest BCUT2D eigenvalue weighted by Crippen LogP contribution is 2.54. The summed E-state index contributed by atoms with van der Waals surface area (Å²) in [6.07, 6.45) is -1.39. The van der Waals surface area contributed by atoms with Crippen molar-refractivity contribution in [3.8, 4) is 0 Å². The van der Waals surface area contributed by atoms with Crippen LogP contribution < -0.4 is 5.32 Å². The van der Waals surface area contributed by atoms with Gasteiger partial charge in [-0.3, -0.25) is 4.79 Å². The number of aliphatic hydroxyl groups excluding tert-OH is 2. The number of fused-ring (bicyclic) bond motifs is 2. The number of benzene rings is 2. The second-order valence-electron chi connectivity index (χ2n) is 9.41. The second kappa shape index (κ2) is 9.40. The summed E-state index contributed by atoms with van der Waals surface area (Å²) in [5.74, 6) is -4.00. The Labute approximate surface area is 206 Å². The highest BCUT2D eigenvalue weighted by molar-refractivity contribution is 7.92. The first-order chi connectivity index (χ1) is 16.4. The van der Waals surface area contributed by atoms with E-state index in [9.17, 15) is 37.3 Å². The van der Waals surface area contributed by atoms with Gasteiger partial charge in [0.15, 0.2) is 21.5 Å². The standard InChI is InChI=1S/C24H26ClF2NO6S/c1-12(29)22(30)24(32)14-3-4-15(24)10-17(9-14)35(33,34)21-8-13(2-6-18(21)25)23(31)28-16-5-7-19(26)20(27)11-16/h2,5-8,11-12,14-15,17,22,29-30,32H,3-4,9-10H2,1H3,(H,28,31)/t12-,14?,15?,17?,22-,24?/m1/s1. The van der Waals surface area contributed by atoms with Crippen LogP contribution in [-0.4, -0.2) is 52.7 Å². The lowest BCUT2D eigenvalue weighted by Gasteiger charge is -2.46. The predicted octanol–water partition coefficient (Wildman–Crippen LogP) is 3.31. The fourth-order valence-corrected chi connectivity index (χ4v) is 7.89. The quantitative estimate of drug-likeness (QED) is 0.455. The summed E-state index contributed by atoms with van der Waals surface area (Å²) in [5, 5.41) is 32.9. The summed E-state index contributed by atoms with van der Waals surface area (Å²) < 4.78 is 53.7. The molecule has 0 aromatic heterocycles. The van der Waals surface area contributed by atoms with Crippen LogP contribution in [0.2, 0.25) is 5.02 Å². The predicted molar refractivity (Wildman–Crippen MR) is 125 cm³/mol. The number of aliphatic hydroxyl groups is 3. The fourth-order valence-electron chi connectivity index (χ4n) is 5.48. The van der Waals surface area contributed by atoms with Gasteiger partial charge in [-0.1, -0.05) is 11.6 Å². The summed E-state index contributed by atoms with van der Waals surface area (Å²) in [6, 6.07) is 6.57. The molecule has 0 radical (unpaired) electrons. The summed E-state index contributed by atoms with van der Waals surface area (Å²) >= 11 is 6.21. The highest BCUT2D eigenvalue weighted by atomic mass is 35.5. The SMILES string of the molecule is C[C@@H](O)[C@@H](O)C1(O)C2CCC1CC(S(=O)(=O)c1cc(C(=O)Nc3ccc(F)c(F)c3)ccc1Cl)C2. The third-order valence-electron chi connectivity index (χ3n) is 7.31. The number of carbonyl (C=O) groups excluding carboxylic acids is 1. The third kappa shape index (κ3) is 4.58. The van der Waals surface area contributed by atoms with Crippen molar-refractivity contribution in [1.82, 2.24) is 0 Å². The Morgan fingerprint density at radius 2 is 1.71 bits per heavy atom. The molecule has 0 saturated heterocycles. The van der Waals surface area contributed by atoms with Gasteiger partial charge in [-0.25, -0.2) is 17.2 Å². The van der Waals surface area contributed by atoms with Crippen molar-refractivity contribution in [1.29, 1.82) is 0 Å². The van der Waals surface area contributed by atoms with Crippen LogP contribution in [-0.2, 0) is 9.84 Å². The van der Waals surface area contributed by atoms with Gasteiger partial charge in [-0.05, 0) is 74.8 Å². The molecule has 2 aromatic carbocycles. The number of hydrogen-bond acceptors (Lipinski definition) is 6. The molecule has 2 bridgehead atoms. The van der Waals surface area contributed by atoms with E-state index in [-0.39, 0.29) is 34.0 Å². The van der Waals surface area contributed by atoms with Gasteiger partial charge in [0.2, 0.25) is 0 Å². The normalized spacial score (nSPS) is 27.9. The van der Waals surface area contributed by atoms with Gasteiger partial charge in [0.1, 0.15) is 6.10 Å². The van der Waals surface area contributed by atoms with Gasteiger partial charge < -0.3 is 20.6 Å². The molecule has 0 heterocycles. The van der Waals surface area contributed by atoms with Gasteiger partial charge >= 0.3 is 0 Å². The number of sulfone groups is 1. The van der Waals surface area contributed by atoms with Crippen molar-refractivity contribution in [2.45, 2.75) is 60.6 Å². The van der Waals surface area contributed by atoms with Crippen LogP contribution in [0.3, 0.4) is 0 Å². The molecule has 11 heteroatoms. The van der Waals surface area contributed by atoms with E-state index in [1.54, 1.807) is 0 Å². The summed E-state index contributed by atoms with van der Waals surface area (Å²) in [4.78, 5) is 12.4. The van der Waals surface area contributed by atoms with Gasteiger partial charge in [-0.15, -0.1) is 0 Å². The maximum absolute atomic E-state index is 13.6. The zero-order chi connectivity index (χ0) is 25.7. The summed E-state index contributed by atoms with van der Waals surface area (Å²) in [5.41, 5.74) is -1.62. The molecule has 0 spiro atoms. The van der Waals surface area contributed by atoms with Crippen molar-refractivity contribution in [2.24, 2.45) is 11.8 Å². The number of rotatable bonds is 6. The molecule has 2 fully saturated rings. The van der Waals surface area contributed by atoms with Crippen LogP contribution in [0.1, 0.15) is 43.0 Å².